The molecule has 1 atom stereocenters. The molecule has 0 bridgehead atoms. The number of hydrogen-bond acceptors (Lipinski definition) is 7. The van der Waals surface area contributed by atoms with Crippen LogP contribution in [0.25, 0.3) is 0 Å². The molecule has 0 saturated heterocycles. The molecule has 1 unspecified atom stereocenters. The fraction of sp³-hybridized carbons (Fsp3) is 0.714. The maximum atomic E-state index is 11.7. The van der Waals surface area contributed by atoms with Crippen LogP contribution < -0.4 is 5.32 Å². The SMILES string of the molecule is C=CCCCCCCCCC(=O)NC(=O)CCCCCCCCC=C.CCOC(=O)C(CC(=O)O)S(=O)(=O)O. The standard InChI is InChI=1S/C22H39NO2.C6H10O7S/c1-3-5-7-9-11-13-15-17-19-21(24)23-22(25)20-18-16-14-12-10-8-6-4-2;1-2-13-6(9)4(3-5(7)8)14(10,11)12/h3-4H,1-2,5-20H2,(H,23,24,25);4H,2-3H2,1H3,(H,7,8)(H,10,11,12). The summed E-state index contributed by atoms with van der Waals surface area (Å²) >= 11 is 0. The number of rotatable bonds is 23. The molecule has 10 nitrogen and oxygen atoms in total. The molecule has 0 aliphatic rings. The van der Waals surface area contributed by atoms with Crippen molar-refractivity contribution >= 4 is 33.9 Å². The lowest BCUT2D eigenvalue weighted by Crippen LogP contribution is -2.33. The summed E-state index contributed by atoms with van der Waals surface area (Å²) < 4.78 is 34.0. The van der Waals surface area contributed by atoms with Gasteiger partial charge in [0, 0.05) is 12.8 Å². The van der Waals surface area contributed by atoms with Gasteiger partial charge in [-0.05, 0) is 45.4 Å². The molecule has 0 aromatic rings. The fourth-order valence-corrected chi connectivity index (χ4v) is 4.21. The second kappa shape index (κ2) is 25.7. The van der Waals surface area contributed by atoms with Crippen LogP contribution in [0.4, 0.5) is 0 Å². The van der Waals surface area contributed by atoms with E-state index in [0.717, 1.165) is 38.5 Å². The summed E-state index contributed by atoms with van der Waals surface area (Å²) in [6.45, 7) is 8.77. The molecule has 0 aliphatic heterocycles. The molecule has 0 aromatic carbocycles. The van der Waals surface area contributed by atoms with Crippen LogP contribution in [-0.4, -0.2) is 53.7 Å². The number of aliphatic carboxylic acids is 1. The predicted molar refractivity (Wildman–Crippen MR) is 152 cm³/mol. The third-order valence-electron chi connectivity index (χ3n) is 5.67. The number of amides is 2. The number of esters is 1. The van der Waals surface area contributed by atoms with Crippen LogP contribution in [0.15, 0.2) is 25.3 Å². The number of carbonyl (C=O) groups is 4. The summed E-state index contributed by atoms with van der Waals surface area (Å²) in [5.41, 5.74) is 0. The zero-order valence-corrected chi connectivity index (χ0v) is 24.4. The van der Waals surface area contributed by atoms with Gasteiger partial charge in [-0.2, -0.15) is 8.42 Å². The Labute approximate surface area is 234 Å². The van der Waals surface area contributed by atoms with Gasteiger partial charge in [-0.25, -0.2) is 0 Å². The first-order valence-corrected chi connectivity index (χ1v) is 15.4. The Kier molecular flexibility index (Phi) is 25.5. The molecule has 11 heteroatoms. The summed E-state index contributed by atoms with van der Waals surface area (Å²) in [5, 5.41) is 8.74. The summed E-state index contributed by atoms with van der Waals surface area (Å²) in [6.07, 6.45) is 19.7. The first-order valence-electron chi connectivity index (χ1n) is 13.9. The molecule has 0 spiro atoms. The van der Waals surface area contributed by atoms with E-state index in [2.05, 4.69) is 23.2 Å². The molecule has 0 radical (unpaired) electrons. The molecule has 0 aromatic heterocycles. The number of ether oxygens (including phenoxy) is 1. The van der Waals surface area contributed by atoms with E-state index in [1.54, 1.807) is 0 Å². The van der Waals surface area contributed by atoms with Crippen molar-refractivity contribution in [2.45, 2.75) is 121 Å². The van der Waals surface area contributed by atoms with Crippen molar-refractivity contribution in [1.82, 2.24) is 5.32 Å². The second-order valence-corrected chi connectivity index (χ2v) is 10.8. The Morgan fingerprint density at radius 3 is 1.49 bits per heavy atom. The Morgan fingerprint density at radius 2 is 1.15 bits per heavy atom. The van der Waals surface area contributed by atoms with Gasteiger partial charge < -0.3 is 9.84 Å². The van der Waals surface area contributed by atoms with Gasteiger partial charge in [0.15, 0.2) is 5.25 Å². The number of imide groups is 1. The van der Waals surface area contributed by atoms with Crippen LogP contribution in [0.5, 0.6) is 0 Å². The molecular formula is C28H49NO9S. The quantitative estimate of drug-likeness (QED) is 0.0615. The van der Waals surface area contributed by atoms with E-state index >= 15 is 0 Å². The topological polar surface area (TPSA) is 164 Å². The highest BCUT2D eigenvalue weighted by atomic mass is 32.2. The molecule has 0 aliphatic carbocycles. The minimum atomic E-state index is -4.74. The summed E-state index contributed by atoms with van der Waals surface area (Å²) in [5.74, 6) is -3.00. The first-order chi connectivity index (χ1) is 18.5. The summed E-state index contributed by atoms with van der Waals surface area (Å²) in [7, 11) is -4.74. The van der Waals surface area contributed by atoms with Crippen LogP contribution in [0.1, 0.15) is 116 Å². The van der Waals surface area contributed by atoms with E-state index < -0.39 is 33.7 Å². The average molecular weight is 576 g/mol. The fourth-order valence-electron chi connectivity index (χ4n) is 3.55. The maximum Gasteiger partial charge on any atom is 0.327 e. The number of hydrogen-bond donors (Lipinski definition) is 3. The Bertz CT molecular complexity index is 791. The van der Waals surface area contributed by atoms with Crippen molar-refractivity contribution in [2.75, 3.05) is 6.61 Å². The van der Waals surface area contributed by atoms with E-state index in [0.29, 0.717) is 12.8 Å². The molecule has 0 saturated carbocycles. The van der Waals surface area contributed by atoms with Gasteiger partial charge in [-0.15, -0.1) is 13.2 Å². The minimum Gasteiger partial charge on any atom is -0.481 e. The van der Waals surface area contributed by atoms with Gasteiger partial charge in [-0.3, -0.25) is 29.0 Å². The molecule has 39 heavy (non-hydrogen) atoms. The zero-order valence-electron chi connectivity index (χ0n) is 23.5. The van der Waals surface area contributed by atoms with E-state index in [4.69, 9.17) is 9.66 Å². The molecular weight excluding hydrogens is 526 g/mol. The van der Waals surface area contributed by atoms with Gasteiger partial charge in [-0.1, -0.05) is 63.5 Å². The summed E-state index contributed by atoms with van der Waals surface area (Å²) in [4.78, 5) is 44.5. The Hall–Kier alpha value is -2.53. The summed E-state index contributed by atoms with van der Waals surface area (Å²) in [6, 6.07) is 0. The predicted octanol–water partition coefficient (Wildman–Crippen LogP) is 5.52. The number of carboxylic acid groups (broad SMARTS) is 1. The van der Waals surface area contributed by atoms with Crippen LogP contribution in [0, 0.1) is 0 Å². The minimum absolute atomic E-state index is 0.0928. The number of carbonyl (C=O) groups excluding carboxylic acids is 3. The van der Waals surface area contributed by atoms with Crippen molar-refractivity contribution in [3.05, 3.63) is 25.3 Å². The van der Waals surface area contributed by atoms with Crippen LogP contribution in [-0.2, 0) is 34.0 Å². The van der Waals surface area contributed by atoms with Crippen LogP contribution in [0.2, 0.25) is 0 Å². The molecule has 0 fully saturated rings. The lowest BCUT2D eigenvalue weighted by atomic mass is 10.1. The third-order valence-corrected chi connectivity index (χ3v) is 6.75. The molecule has 0 rings (SSSR count). The smallest absolute Gasteiger partial charge is 0.327 e. The van der Waals surface area contributed by atoms with Crippen molar-refractivity contribution in [3.8, 4) is 0 Å². The zero-order chi connectivity index (χ0) is 29.9. The lowest BCUT2D eigenvalue weighted by molar-refractivity contribution is -0.147. The number of carboxylic acids is 1. The van der Waals surface area contributed by atoms with Crippen molar-refractivity contribution < 1.29 is 42.0 Å². The number of unbranched alkanes of at least 4 members (excludes halogenated alkanes) is 12. The molecule has 2 amide bonds. The third kappa shape index (κ3) is 26.8. The Morgan fingerprint density at radius 1 is 0.769 bits per heavy atom. The van der Waals surface area contributed by atoms with Gasteiger partial charge in [0.1, 0.15) is 0 Å². The highest BCUT2D eigenvalue weighted by Gasteiger charge is 2.34. The lowest BCUT2D eigenvalue weighted by Gasteiger charge is -2.09. The monoisotopic (exact) mass is 575 g/mol. The number of nitrogens with one attached hydrogen (secondary N) is 1. The van der Waals surface area contributed by atoms with Crippen LogP contribution >= 0.6 is 0 Å². The maximum absolute atomic E-state index is 11.7. The van der Waals surface area contributed by atoms with E-state index in [1.165, 1.54) is 58.3 Å². The Balaban J connectivity index is 0. The first kappa shape index (κ1) is 38.6. The number of allylic oxidation sites excluding steroid dienone is 2. The van der Waals surface area contributed by atoms with E-state index in [9.17, 15) is 27.6 Å². The normalized spacial score (nSPS) is 11.4. The van der Waals surface area contributed by atoms with Crippen molar-refractivity contribution in [3.63, 3.8) is 0 Å². The van der Waals surface area contributed by atoms with Gasteiger partial charge >= 0.3 is 11.9 Å². The van der Waals surface area contributed by atoms with Crippen molar-refractivity contribution in [2.24, 2.45) is 0 Å². The van der Waals surface area contributed by atoms with E-state index in [-0.39, 0.29) is 18.4 Å². The second-order valence-electron chi connectivity index (χ2n) is 9.22. The van der Waals surface area contributed by atoms with Crippen LogP contribution in [0.3, 0.4) is 0 Å². The van der Waals surface area contributed by atoms with Gasteiger partial charge in [0.05, 0.1) is 13.0 Å². The van der Waals surface area contributed by atoms with E-state index in [1.807, 2.05) is 12.2 Å². The van der Waals surface area contributed by atoms with Gasteiger partial charge in [0.2, 0.25) is 11.8 Å². The molecule has 0 heterocycles. The molecule has 226 valence electrons. The average Bonchev–Trinajstić information content (AvgIpc) is 2.85. The largest absolute Gasteiger partial charge is 0.481 e. The molecule has 3 N–H and O–H groups in total. The highest BCUT2D eigenvalue weighted by molar-refractivity contribution is 7.87. The van der Waals surface area contributed by atoms with Gasteiger partial charge in [0.25, 0.3) is 10.1 Å². The highest BCUT2D eigenvalue weighted by Crippen LogP contribution is 2.10. The van der Waals surface area contributed by atoms with Crippen molar-refractivity contribution in [1.29, 1.82) is 0 Å².